The minimum Gasteiger partial charge on any atom is -0.478 e. The minimum absolute atomic E-state index is 0.108. The molecule has 2 N–H and O–H groups in total. The first-order chi connectivity index (χ1) is 8.65. The van der Waals surface area contributed by atoms with Gasteiger partial charge in [-0.05, 0) is 25.7 Å². The van der Waals surface area contributed by atoms with Crippen LogP contribution < -0.4 is 5.32 Å². The summed E-state index contributed by atoms with van der Waals surface area (Å²) in [6.07, 6.45) is 5.51. The van der Waals surface area contributed by atoms with Gasteiger partial charge in [-0.25, -0.2) is 4.79 Å². The van der Waals surface area contributed by atoms with Crippen molar-refractivity contribution in [2.75, 3.05) is 26.2 Å². The summed E-state index contributed by atoms with van der Waals surface area (Å²) in [4.78, 5) is 24.4. The number of hydrogen-bond acceptors (Lipinski definition) is 3. The number of likely N-dealkylation sites (tertiary alicyclic amines) is 1. The highest BCUT2D eigenvalue weighted by molar-refractivity contribution is 5.86. The summed E-state index contributed by atoms with van der Waals surface area (Å²) in [6, 6.07) is 0. The van der Waals surface area contributed by atoms with Gasteiger partial charge in [0.15, 0.2) is 0 Å². The van der Waals surface area contributed by atoms with Gasteiger partial charge in [0.25, 0.3) is 0 Å². The van der Waals surface area contributed by atoms with E-state index in [1.54, 1.807) is 13.0 Å². The van der Waals surface area contributed by atoms with Crippen molar-refractivity contribution in [3.05, 3.63) is 11.6 Å². The Hall–Kier alpha value is -1.36. The van der Waals surface area contributed by atoms with Crippen LogP contribution in [0.3, 0.4) is 0 Å². The largest absolute Gasteiger partial charge is 0.478 e. The van der Waals surface area contributed by atoms with E-state index in [1.807, 2.05) is 4.90 Å². The van der Waals surface area contributed by atoms with Gasteiger partial charge in [0.05, 0.1) is 6.54 Å². The molecule has 0 unspecified atom stereocenters. The highest BCUT2D eigenvalue weighted by Crippen LogP contribution is 2.08. The van der Waals surface area contributed by atoms with Gasteiger partial charge in [-0.2, -0.15) is 0 Å². The van der Waals surface area contributed by atoms with E-state index < -0.39 is 5.97 Å². The molecule has 18 heavy (non-hydrogen) atoms. The molecular weight excluding hydrogens is 232 g/mol. The van der Waals surface area contributed by atoms with Gasteiger partial charge in [0.1, 0.15) is 0 Å². The lowest BCUT2D eigenvalue weighted by Crippen LogP contribution is -2.41. The molecule has 102 valence electrons. The van der Waals surface area contributed by atoms with Crippen LogP contribution in [0, 0.1) is 0 Å². The number of hydrogen-bond donors (Lipinski definition) is 2. The molecule has 1 rings (SSSR count). The molecule has 0 radical (unpaired) electrons. The molecule has 0 saturated carbocycles. The third kappa shape index (κ3) is 4.87. The number of carboxylic acid groups (broad SMARTS) is 1. The van der Waals surface area contributed by atoms with Gasteiger partial charge in [0.2, 0.25) is 5.91 Å². The van der Waals surface area contributed by atoms with E-state index >= 15 is 0 Å². The molecule has 1 amide bonds. The number of carboxylic acids is 1. The summed E-state index contributed by atoms with van der Waals surface area (Å²) in [5.41, 5.74) is 0.382. The Morgan fingerprint density at radius 3 is 2.50 bits per heavy atom. The first-order valence-electron chi connectivity index (χ1n) is 6.56. The summed E-state index contributed by atoms with van der Waals surface area (Å²) in [5.74, 6) is -0.780. The zero-order valence-corrected chi connectivity index (χ0v) is 10.9. The van der Waals surface area contributed by atoms with E-state index in [-0.39, 0.29) is 12.5 Å². The Morgan fingerprint density at radius 2 is 1.94 bits per heavy atom. The lowest BCUT2D eigenvalue weighted by Gasteiger charge is -2.26. The number of carbonyl (C=O) groups is 2. The smallest absolute Gasteiger partial charge is 0.331 e. The van der Waals surface area contributed by atoms with E-state index in [0.717, 1.165) is 25.9 Å². The second-order valence-electron chi connectivity index (χ2n) is 4.46. The van der Waals surface area contributed by atoms with Gasteiger partial charge < -0.3 is 15.3 Å². The second-order valence-corrected chi connectivity index (χ2v) is 4.46. The maximum absolute atomic E-state index is 11.8. The summed E-state index contributed by atoms with van der Waals surface area (Å²) >= 11 is 0. The first kappa shape index (κ1) is 14.7. The average Bonchev–Trinajstić information content (AvgIpc) is 2.39. The van der Waals surface area contributed by atoms with Crippen LogP contribution in [0.2, 0.25) is 0 Å². The Balaban J connectivity index is 2.24. The third-order valence-electron chi connectivity index (χ3n) is 3.13. The number of rotatable bonds is 6. The van der Waals surface area contributed by atoms with Crippen molar-refractivity contribution in [1.82, 2.24) is 10.2 Å². The van der Waals surface area contributed by atoms with E-state index in [2.05, 4.69) is 5.32 Å². The summed E-state index contributed by atoms with van der Waals surface area (Å²) < 4.78 is 0. The predicted molar refractivity (Wildman–Crippen MR) is 69.3 cm³/mol. The van der Waals surface area contributed by atoms with Crippen molar-refractivity contribution in [2.45, 2.75) is 32.6 Å². The number of piperidine rings is 1. The fourth-order valence-electron chi connectivity index (χ4n) is 2.01. The van der Waals surface area contributed by atoms with Crippen LogP contribution in [0.5, 0.6) is 0 Å². The number of aliphatic carboxylic acids is 1. The highest BCUT2D eigenvalue weighted by atomic mass is 16.4. The predicted octanol–water partition coefficient (Wildman–Crippen LogP) is 1.01. The molecule has 0 bridgehead atoms. The molecular formula is C13H22N2O3. The Labute approximate surface area is 108 Å². The van der Waals surface area contributed by atoms with Crippen LogP contribution in [0.4, 0.5) is 0 Å². The topological polar surface area (TPSA) is 69.6 Å². The maximum atomic E-state index is 11.8. The summed E-state index contributed by atoms with van der Waals surface area (Å²) in [5, 5.41) is 11.8. The van der Waals surface area contributed by atoms with Crippen LogP contribution in [-0.4, -0.2) is 48.1 Å². The quantitative estimate of drug-likeness (QED) is 0.548. The first-order valence-corrected chi connectivity index (χ1v) is 6.56. The molecule has 0 aliphatic carbocycles. The molecule has 1 aliphatic heterocycles. The van der Waals surface area contributed by atoms with Crippen molar-refractivity contribution in [1.29, 1.82) is 0 Å². The average molecular weight is 254 g/mol. The van der Waals surface area contributed by atoms with E-state index in [4.69, 9.17) is 5.11 Å². The van der Waals surface area contributed by atoms with Crippen LogP contribution in [0.15, 0.2) is 11.6 Å². The normalized spacial score (nSPS) is 16.7. The molecule has 1 saturated heterocycles. The second kappa shape index (κ2) is 7.87. The fourth-order valence-corrected chi connectivity index (χ4v) is 2.01. The van der Waals surface area contributed by atoms with Gasteiger partial charge >= 0.3 is 5.97 Å². The fraction of sp³-hybridized carbons (Fsp3) is 0.692. The Bertz CT molecular complexity index is 320. The van der Waals surface area contributed by atoms with E-state index in [0.29, 0.717) is 18.5 Å². The SMILES string of the molecule is CCC(=CCNCC(=O)N1CCCCC1)C(=O)O. The minimum atomic E-state index is -0.887. The summed E-state index contributed by atoms with van der Waals surface area (Å²) in [6.45, 7) is 4.22. The molecule has 5 nitrogen and oxygen atoms in total. The van der Waals surface area contributed by atoms with Crippen molar-refractivity contribution < 1.29 is 14.7 Å². The molecule has 0 atom stereocenters. The van der Waals surface area contributed by atoms with E-state index in [1.165, 1.54) is 6.42 Å². The summed E-state index contributed by atoms with van der Waals surface area (Å²) in [7, 11) is 0. The van der Waals surface area contributed by atoms with Crippen molar-refractivity contribution in [3.8, 4) is 0 Å². The molecule has 0 spiro atoms. The van der Waals surface area contributed by atoms with Crippen LogP contribution in [0.1, 0.15) is 32.6 Å². The number of nitrogens with zero attached hydrogens (tertiary/aromatic N) is 1. The number of amides is 1. The number of nitrogens with one attached hydrogen (secondary N) is 1. The zero-order chi connectivity index (χ0) is 13.4. The molecule has 0 aromatic rings. The molecule has 1 aliphatic rings. The lowest BCUT2D eigenvalue weighted by atomic mass is 10.1. The lowest BCUT2D eigenvalue weighted by molar-refractivity contribution is -0.133. The Kier molecular flexibility index (Phi) is 6.43. The monoisotopic (exact) mass is 254 g/mol. The highest BCUT2D eigenvalue weighted by Gasteiger charge is 2.15. The van der Waals surface area contributed by atoms with Crippen molar-refractivity contribution >= 4 is 11.9 Å². The van der Waals surface area contributed by atoms with Gasteiger partial charge in [0, 0.05) is 25.2 Å². The van der Waals surface area contributed by atoms with Crippen LogP contribution >= 0.6 is 0 Å². The third-order valence-corrected chi connectivity index (χ3v) is 3.13. The number of carbonyl (C=O) groups excluding carboxylic acids is 1. The van der Waals surface area contributed by atoms with Gasteiger partial charge in [-0.1, -0.05) is 13.0 Å². The van der Waals surface area contributed by atoms with Gasteiger partial charge in [-0.15, -0.1) is 0 Å². The molecule has 0 aromatic carbocycles. The molecule has 1 fully saturated rings. The standard InChI is InChI=1S/C13H22N2O3/c1-2-11(13(17)18)6-7-14-10-12(16)15-8-4-3-5-9-15/h6,14H,2-5,7-10H2,1H3,(H,17,18). The van der Waals surface area contributed by atoms with Crippen molar-refractivity contribution in [2.24, 2.45) is 0 Å². The van der Waals surface area contributed by atoms with Crippen LogP contribution in [-0.2, 0) is 9.59 Å². The van der Waals surface area contributed by atoms with Gasteiger partial charge in [-0.3, -0.25) is 4.79 Å². The van der Waals surface area contributed by atoms with Crippen LogP contribution in [0.25, 0.3) is 0 Å². The van der Waals surface area contributed by atoms with E-state index in [9.17, 15) is 9.59 Å². The molecule has 5 heteroatoms. The molecule has 0 aromatic heterocycles. The van der Waals surface area contributed by atoms with Crippen molar-refractivity contribution in [3.63, 3.8) is 0 Å². The zero-order valence-electron chi connectivity index (χ0n) is 10.9. The Morgan fingerprint density at radius 1 is 1.28 bits per heavy atom. The maximum Gasteiger partial charge on any atom is 0.331 e. The molecule has 1 heterocycles.